The molecule has 2 rings (SSSR count). The van der Waals surface area contributed by atoms with E-state index in [-0.39, 0.29) is 12.2 Å². The Morgan fingerprint density at radius 2 is 1.05 bits per heavy atom. The van der Waals surface area contributed by atoms with Crippen LogP contribution in [0.5, 0.6) is 0 Å². The van der Waals surface area contributed by atoms with Crippen LogP contribution in [0.15, 0.2) is 0 Å². The molecule has 2 aliphatic heterocycles. The molecule has 2 heterocycles. The van der Waals surface area contributed by atoms with Gasteiger partial charge in [0.1, 0.15) is 0 Å². The molecule has 118 valence electrons. The van der Waals surface area contributed by atoms with Crippen molar-refractivity contribution >= 4 is 0 Å². The van der Waals surface area contributed by atoms with E-state index in [1.54, 1.807) is 0 Å². The Morgan fingerprint density at radius 1 is 0.750 bits per heavy atom. The number of rotatable bonds is 5. The summed E-state index contributed by atoms with van der Waals surface area (Å²) < 4.78 is 0. The lowest BCUT2D eigenvalue weighted by atomic mass is 9.91. The van der Waals surface area contributed by atoms with Gasteiger partial charge in [-0.05, 0) is 77.5 Å². The van der Waals surface area contributed by atoms with E-state index in [0.717, 1.165) is 65.0 Å². The first-order valence-corrected chi connectivity index (χ1v) is 8.37. The number of hydrogen-bond donors (Lipinski definition) is 2. The minimum Gasteiger partial charge on any atom is -0.393 e. The average molecular weight is 284 g/mol. The van der Waals surface area contributed by atoms with Gasteiger partial charge < -0.3 is 20.0 Å². The molecule has 0 bridgehead atoms. The molecule has 0 amide bonds. The van der Waals surface area contributed by atoms with E-state index in [4.69, 9.17) is 0 Å². The van der Waals surface area contributed by atoms with Crippen molar-refractivity contribution in [3.8, 4) is 0 Å². The second-order valence-electron chi connectivity index (χ2n) is 6.84. The molecule has 2 atom stereocenters. The third kappa shape index (κ3) is 4.69. The fourth-order valence-corrected chi connectivity index (χ4v) is 3.60. The van der Waals surface area contributed by atoms with Gasteiger partial charge in [0.15, 0.2) is 0 Å². The summed E-state index contributed by atoms with van der Waals surface area (Å²) in [5.41, 5.74) is 0. The molecule has 0 spiro atoms. The van der Waals surface area contributed by atoms with Crippen LogP contribution in [0.2, 0.25) is 0 Å². The number of piperidine rings is 2. The molecule has 0 aromatic heterocycles. The predicted octanol–water partition coefficient (Wildman–Crippen LogP) is 1.17. The van der Waals surface area contributed by atoms with Crippen molar-refractivity contribution in [3.05, 3.63) is 0 Å². The van der Waals surface area contributed by atoms with Crippen LogP contribution in [-0.2, 0) is 0 Å². The summed E-state index contributed by atoms with van der Waals surface area (Å²) in [5.74, 6) is 1.01. The molecular formula is C16H32N2O2. The SMILES string of the molecule is CC(O)C1CCN(CCN2CCC(C(C)O)CC2)CC1. The molecule has 2 N–H and O–H groups in total. The quantitative estimate of drug-likeness (QED) is 0.796. The number of aliphatic hydroxyl groups excluding tert-OH is 2. The summed E-state index contributed by atoms with van der Waals surface area (Å²) in [6.07, 6.45) is 4.28. The Hall–Kier alpha value is -0.160. The summed E-state index contributed by atoms with van der Waals surface area (Å²) in [6, 6.07) is 0. The van der Waals surface area contributed by atoms with Gasteiger partial charge in [-0.25, -0.2) is 0 Å². The second-order valence-corrected chi connectivity index (χ2v) is 6.84. The average Bonchev–Trinajstić information content (AvgIpc) is 2.46. The monoisotopic (exact) mass is 284 g/mol. The number of aliphatic hydroxyl groups is 2. The molecular weight excluding hydrogens is 252 g/mol. The van der Waals surface area contributed by atoms with Crippen molar-refractivity contribution in [2.75, 3.05) is 39.3 Å². The largest absolute Gasteiger partial charge is 0.393 e. The van der Waals surface area contributed by atoms with Crippen LogP contribution >= 0.6 is 0 Å². The lowest BCUT2D eigenvalue weighted by Gasteiger charge is -2.37. The van der Waals surface area contributed by atoms with Crippen LogP contribution in [0.1, 0.15) is 39.5 Å². The molecule has 2 saturated heterocycles. The summed E-state index contributed by atoms with van der Waals surface area (Å²) >= 11 is 0. The van der Waals surface area contributed by atoms with Gasteiger partial charge in [0.05, 0.1) is 12.2 Å². The zero-order valence-corrected chi connectivity index (χ0v) is 13.2. The predicted molar refractivity (Wildman–Crippen MR) is 81.7 cm³/mol. The molecule has 0 radical (unpaired) electrons. The Labute approximate surface area is 123 Å². The highest BCUT2D eigenvalue weighted by molar-refractivity contribution is 4.78. The topological polar surface area (TPSA) is 46.9 Å². The van der Waals surface area contributed by atoms with Crippen LogP contribution in [0, 0.1) is 11.8 Å². The molecule has 20 heavy (non-hydrogen) atoms. The van der Waals surface area contributed by atoms with E-state index in [9.17, 15) is 10.2 Å². The van der Waals surface area contributed by atoms with Gasteiger partial charge in [-0.1, -0.05) is 0 Å². The molecule has 4 nitrogen and oxygen atoms in total. The first-order chi connectivity index (χ1) is 9.56. The smallest absolute Gasteiger partial charge is 0.0541 e. The molecule has 2 unspecified atom stereocenters. The van der Waals surface area contributed by atoms with Crippen molar-refractivity contribution in [3.63, 3.8) is 0 Å². The maximum absolute atomic E-state index is 9.62. The maximum atomic E-state index is 9.62. The Bertz CT molecular complexity index is 240. The number of likely N-dealkylation sites (tertiary alicyclic amines) is 2. The second kappa shape index (κ2) is 7.74. The van der Waals surface area contributed by atoms with Crippen molar-refractivity contribution < 1.29 is 10.2 Å². The lowest BCUT2D eigenvalue weighted by molar-refractivity contribution is 0.0540. The third-order valence-electron chi connectivity index (χ3n) is 5.36. The molecule has 0 aromatic rings. The fraction of sp³-hybridized carbons (Fsp3) is 1.00. The van der Waals surface area contributed by atoms with Crippen molar-refractivity contribution in [2.24, 2.45) is 11.8 Å². The Kier molecular flexibility index (Phi) is 6.27. The Balaban J connectivity index is 1.60. The molecule has 0 aliphatic carbocycles. The van der Waals surface area contributed by atoms with Crippen LogP contribution in [0.4, 0.5) is 0 Å². The summed E-state index contributed by atoms with van der Waals surface area (Å²) in [5, 5.41) is 19.2. The zero-order chi connectivity index (χ0) is 14.5. The first-order valence-electron chi connectivity index (χ1n) is 8.37. The van der Waals surface area contributed by atoms with Crippen LogP contribution in [0.3, 0.4) is 0 Å². The standard InChI is InChI=1S/C16H32N2O2/c1-13(19)15-3-7-17(8-4-15)11-12-18-9-5-16(6-10-18)14(2)20/h13-16,19-20H,3-12H2,1-2H3. The van der Waals surface area contributed by atoms with Crippen molar-refractivity contribution in [1.82, 2.24) is 9.80 Å². The van der Waals surface area contributed by atoms with Gasteiger partial charge in [-0.2, -0.15) is 0 Å². The summed E-state index contributed by atoms with van der Waals surface area (Å²) in [7, 11) is 0. The highest BCUT2D eigenvalue weighted by Gasteiger charge is 2.25. The maximum Gasteiger partial charge on any atom is 0.0541 e. The molecule has 2 aliphatic rings. The van der Waals surface area contributed by atoms with Crippen molar-refractivity contribution in [1.29, 1.82) is 0 Å². The van der Waals surface area contributed by atoms with E-state index in [0.29, 0.717) is 11.8 Å². The fourth-order valence-electron chi connectivity index (χ4n) is 3.60. The lowest BCUT2D eigenvalue weighted by Crippen LogP contribution is -2.44. The normalized spacial score (nSPS) is 27.6. The van der Waals surface area contributed by atoms with E-state index >= 15 is 0 Å². The zero-order valence-electron chi connectivity index (χ0n) is 13.2. The van der Waals surface area contributed by atoms with E-state index in [2.05, 4.69) is 9.80 Å². The van der Waals surface area contributed by atoms with Crippen LogP contribution in [-0.4, -0.2) is 71.5 Å². The van der Waals surface area contributed by atoms with E-state index in [1.165, 1.54) is 0 Å². The van der Waals surface area contributed by atoms with Gasteiger partial charge in [-0.3, -0.25) is 0 Å². The summed E-state index contributed by atoms with van der Waals surface area (Å²) in [6.45, 7) is 10.7. The minimum absolute atomic E-state index is 0.142. The van der Waals surface area contributed by atoms with Crippen LogP contribution < -0.4 is 0 Å². The van der Waals surface area contributed by atoms with Crippen molar-refractivity contribution in [2.45, 2.75) is 51.7 Å². The van der Waals surface area contributed by atoms with Gasteiger partial charge in [0.2, 0.25) is 0 Å². The minimum atomic E-state index is -0.142. The van der Waals surface area contributed by atoms with Gasteiger partial charge in [0, 0.05) is 13.1 Å². The Morgan fingerprint density at radius 3 is 1.30 bits per heavy atom. The number of nitrogens with zero attached hydrogens (tertiary/aromatic N) is 2. The summed E-state index contributed by atoms with van der Waals surface area (Å²) in [4.78, 5) is 5.08. The molecule has 0 saturated carbocycles. The third-order valence-corrected chi connectivity index (χ3v) is 5.36. The van der Waals surface area contributed by atoms with Gasteiger partial charge >= 0.3 is 0 Å². The molecule has 4 heteroatoms. The van der Waals surface area contributed by atoms with Crippen LogP contribution in [0.25, 0.3) is 0 Å². The van der Waals surface area contributed by atoms with E-state index < -0.39 is 0 Å². The van der Waals surface area contributed by atoms with Gasteiger partial charge in [-0.15, -0.1) is 0 Å². The highest BCUT2D eigenvalue weighted by atomic mass is 16.3. The van der Waals surface area contributed by atoms with E-state index in [1.807, 2.05) is 13.8 Å². The number of hydrogen-bond acceptors (Lipinski definition) is 4. The molecule has 0 aromatic carbocycles. The first kappa shape index (κ1) is 16.2. The highest BCUT2D eigenvalue weighted by Crippen LogP contribution is 2.22. The molecule has 2 fully saturated rings. The van der Waals surface area contributed by atoms with Gasteiger partial charge in [0.25, 0.3) is 0 Å².